The molecule has 1 aromatic carbocycles. The van der Waals surface area contributed by atoms with E-state index in [1.807, 2.05) is 0 Å². The summed E-state index contributed by atoms with van der Waals surface area (Å²) < 4.78 is 11.1. The first kappa shape index (κ1) is 15.9. The van der Waals surface area contributed by atoms with E-state index in [0.717, 1.165) is 39.3 Å². The van der Waals surface area contributed by atoms with Crippen molar-refractivity contribution >= 4 is 6.47 Å². The van der Waals surface area contributed by atoms with Crippen LogP contribution < -0.4 is 0 Å². The van der Waals surface area contributed by atoms with Crippen molar-refractivity contribution in [1.82, 2.24) is 4.90 Å². The maximum atomic E-state index is 8.36. The third-order valence-corrected chi connectivity index (χ3v) is 3.86. The summed E-state index contributed by atoms with van der Waals surface area (Å²) >= 11 is 0. The Bertz CT molecular complexity index is 432. The van der Waals surface area contributed by atoms with Crippen LogP contribution in [0, 0.1) is 0 Å². The number of rotatable bonds is 3. The SMILES string of the molecule is O=CO.c1ccc2c(c1)CCN(CCC1COCCO1)C2. The van der Waals surface area contributed by atoms with Gasteiger partial charge >= 0.3 is 0 Å². The fourth-order valence-electron chi connectivity index (χ4n) is 2.77. The highest BCUT2D eigenvalue weighted by atomic mass is 16.6. The van der Waals surface area contributed by atoms with Gasteiger partial charge in [-0.15, -0.1) is 0 Å². The van der Waals surface area contributed by atoms with Gasteiger partial charge in [-0.3, -0.25) is 9.69 Å². The lowest BCUT2D eigenvalue weighted by Gasteiger charge is -2.31. The van der Waals surface area contributed by atoms with Crippen molar-refractivity contribution in [3.8, 4) is 0 Å². The van der Waals surface area contributed by atoms with Crippen LogP contribution in [-0.2, 0) is 27.2 Å². The van der Waals surface area contributed by atoms with Gasteiger partial charge in [0.2, 0.25) is 0 Å². The minimum Gasteiger partial charge on any atom is -0.483 e. The van der Waals surface area contributed by atoms with E-state index in [4.69, 9.17) is 19.4 Å². The zero-order valence-corrected chi connectivity index (χ0v) is 12.2. The van der Waals surface area contributed by atoms with E-state index in [2.05, 4.69) is 29.2 Å². The van der Waals surface area contributed by atoms with E-state index < -0.39 is 0 Å². The average molecular weight is 293 g/mol. The molecule has 1 unspecified atom stereocenters. The van der Waals surface area contributed by atoms with Crippen LogP contribution in [-0.4, -0.2) is 55.5 Å². The molecule has 0 aliphatic carbocycles. The minimum absolute atomic E-state index is 0.250. The Kier molecular flexibility index (Phi) is 6.66. The average Bonchev–Trinajstić information content (AvgIpc) is 2.54. The Hall–Kier alpha value is -1.43. The minimum atomic E-state index is -0.250. The zero-order chi connectivity index (χ0) is 14.9. The molecule has 2 aliphatic rings. The number of hydrogen-bond acceptors (Lipinski definition) is 4. The van der Waals surface area contributed by atoms with Crippen molar-refractivity contribution in [3.63, 3.8) is 0 Å². The zero-order valence-electron chi connectivity index (χ0n) is 12.2. The van der Waals surface area contributed by atoms with Gasteiger partial charge in [-0.05, 0) is 24.0 Å². The van der Waals surface area contributed by atoms with Gasteiger partial charge in [0, 0.05) is 19.6 Å². The first-order chi connectivity index (χ1) is 10.3. The molecule has 3 rings (SSSR count). The topological polar surface area (TPSA) is 59.0 Å². The van der Waals surface area contributed by atoms with Gasteiger partial charge in [-0.2, -0.15) is 0 Å². The van der Waals surface area contributed by atoms with E-state index in [9.17, 15) is 0 Å². The molecule has 1 saturated heterocycles. The largest absolute Gasteiger partial charge is 0.483 e. The number of ether oxygens (including phenoxy) is 2. The van der Waals surface area contributed by atoms with E-state index in [1.54, 1.807) is 0 Å². The summed E-state index contributed by atoms with van der Waals surface area (Å²) in [5.41, 5.74) is 3.01. The van der Waals surface area contributed by atoms with Crippen LogP contribution >= 0.6 is 0 Å². The monoisotopic (exact) mass is 293 g/mol. The molecule has 1 atom stereocenters. The Morgan fingerprint density at radius 2 is 2.05 bits per heavy atom. The number of nitrogens with zero attached hydrogens (tertiary/aromatic N) is 1. The standard InChI is InChI=1S/C15H21NO2.CH2O2/c1-2-4-14-11-16(7-5-13(14)3-1)8-6-15-12-17-9-10-18-15;2-1-3/h1-4,15H,5-12H2;1H,(H,2,3). The van der Waals surface area contributed by atoms with Crippen molar-refractivity contribution < 1.29 is 19.4 Å². The molecule has 1 aromatic rings. The highest BCUT2D eigenvalue weighted by Crippen LogP contribution is 2.19. The van der Waals surface area contributed by atoms with Crippen LogP contribution in [0.3, 0.4) is 0 Å². The van der Waals surface area contributed by atoms with Gasteiger partial charge in [0.15, 0.2) is 0 Å². The second-order valence-corrected chi connectivity index (χ2v) is 5.26. The molecular formula is C16H23NO4. The van der Waals surface area contributed by atoms with Crippen LogP contribution in [0.25, 0.3) is 0 Å². The molecular weight excluding hydrogens is 270 g/mol. The van der Waals surface area contributed by atoms with Crippen molar-refractivity contribution in [2.75, 3.05) is 32.9 Å². The van der Waals surface area contributed by atoms with E-state index >= 15 is 0 Å². The van der Waals surface area contributed by atoms with Crippen LogP contribution in [0.1, 0.15) is 17.5 Å². The van der Waals surface area contributed by atoms with Gasteiger partial charge in [0.05, 0.1) is 25.9 Å². The van der Waals surface area contributed by atoms with Gasteiger partial charge < -0.3 is 14.6 Å². The summed E-state index contributed by atoms with van der Waals surface area (Å²) in [5, 5.41) is 6.89. The number of fused-ring (bicyclic) bond motifs is 1. The van der Waals surface area contributed by atoms with Crippen LogP contribution in [0.2, 0.25) is 0 Å². The Balaban J connectivity index is 0.000000497. The van der Waals surface area contributed by atoms with Gasteiger partial charge in [0.1, 0.15) is 0 Å². The van der Waals surface area contributed by atoms with Crippen molar-refractivity contribution in [3.05, 3.63) is 35.4 Å². The lowest BCUT2D eigenvalue weighted by atomic mass is 10.00. The van der Waals surface area contributed by atoms with Crippen molar-refractivity contribution in [2.24, 2.45) is 0 Å². The van der Waals surface area contributed by atoms with Crippen molar-refractivity contribution in [1.29, 1.82) is 0 Å². The second-order valence-electron chi connectivity index (χ2n) is 5.26. The highest BCUT2D eigenvalue weighted by Gasteiger charge is 2.19. The molecule has 0 spiro atoms. The Labute approximate surface area is 125 Å². The summed E-state index contributed by atoms with van der Waals surface area (Å²) in [7, 11) is 0. The number of hydrogen-bond donors (Lipinski definition) is 1. The molecule has 5 heteroatoms. The van der Waals surface area contributed by atoms with E-state index in [1.165, 1.54) is 24.1 Å². The molecule has 1 N–H and O–H groups in total. The normalized spacial score (nSPS) is 21.8. The molecule has 1 fully saturated rings. The van der Waals surface area contributed by atoms with E-state index in [0.29, 0.717) is 6.10 Å². The van der Waals surface area contributed by atoms with Crippen LogP contribution in [0.15, 0.2) is 24.3 Å². The number of benzene rings is 1. The van der Waals surface area contributed by atoms with Gasteiger partial charge in [-0.1, -0.05) is 24.3 Å². The summed E-state index contributed by atoms with van der Waals surface area (Å²) in [4.78, 5) is 10.9. The number of carbonyl (C=O) groups is 1. The molecule has 5 nitrogen and oxygen atoms in total. The fourth-order valence-corrected chi connectivity index (χ4v) is 2.77. The fraction of sp³-hybridized carbons (Fsp3) is 0.562. The molecule has 2 heterocycles. The lowest BCUT2D eigenvalue weighted by molar-refractivity contribution is -0.122. The molecule has 21 heavy (non-hydrogen) atoms. The summed E-state index contributed by atoms with van der Waals surface area (Å²) in [6.07, 6.45) is 2.57. The first-order valence-corrected chi connectivity index (χ1v) is 7.40. The lowest BCUT2D eigenvalue weighted by Crippen LogP contribution is -2.36. The maximum Gasteiger partial charge on any atom is 0.290 e. The highest BCUT2D eigenvalue weighted by molar-refractivity contribution is 5.32. The van der Waals surface area contributed by atoms with E-state index in [-0.39, 0.29) is 6.47 Å². The molecule has 0 saturated carbocycles. The molecule has 0 bridgehead atoms. The smallest absolute Gasteiger partial charge is 0.290 e. The predicted molar refractivity (Wildman–Crippen MR) is 79.3 cm³/mol. The Morgan fingerprint density at radius 3 is 2.76 bits per heavy atom. The molecule has 0 amide bonds. The molecule has 2 aliphatic heterocycles. The quantitative estimate of drug-likeness (QED) is 0.857. The van der Waals surface area contributed by atoms with Crippen molar-refractivity contribution in [2.45, 2.75) is 25.5 Å². The van der Waals surface area contributed by atoms with Gasteiger partial charge in [0.25, 0.3) is 6.47 Å². The summed E-state index contributed by atoms with van der Waals surface area (Å²) in [6, 6.07) is 8.79. The van der Waals surface area contributed by atoms with Crippen LogP contribution in [0.4, 0.5) is 0 Å². The second kappa shape index (κ2) is 8.77. The first-order valence-electron chi connectivity index (χ1n) is 7.40. The van der Waals surface area contributed by atoms with Gasteiger partial charge in [-0.25, -0.2) is 0 Å². The predicted octanol–water partition coefficient (Wildman–Crippen LogP) is 1.55. The maximum absolute atomic E-state index is 8.36. The third-order valence-electron chi connectivity index (χ3n) is 3.86. The molecule has 0 radical (unpaired) electrons. The molecule has 116 valence electrons. The van der Waals surface area contributed by atoms with Crippen LogP contribution in [0.5, 0.6) is 0 Å². The summed E-state index contributed by atoms with van der Waals surface area (Å²) in [6.45, 7) is 5.40. The number of carboxylic acid groups (broad SMARTS) is 1. The molecule has 0 aromatic heterocycles. The summed E-state index contributed by atoms with van der Waals surface area (Å²) in [5.74, 6) is 0. The Morgan fingerprint density at radius 1 is 1.29 bits per heavy atom. The third kappa shape index (κ3) is 5.12.